The second-order valence-electron chi connectivity index (χ2n) is 5.96. The number of rotatable bonds is 4. The summed E-state index contributed by atoms with van der Waals surface area (Å²) in [7, 11) is 0. The molecule has 0 spiro atoms. The van der Waals surface area contributed by atoms with Crippen molar-refractivity contribution < 1.29 is 0 Å². The van der Waals surface area contributed by atoms with Gasteiger partial charge in [0.25, 0.3) is 0 Å². The Morgan fingerprint density at radius 2 is 1.56 bits per heavy atom. The minimum absolute atomic E-state index is 0.614. The Labute approximate surface area is 151 Å². The van der Waals surface area contributed by atoms with E-state index < -0.39 is 0 Å². The van der Waals surface area contributed by atoms with Crippen molar-refractivity contribution in [1.29, 1.82) is 0 Å². The van der Waals surface area contributed by atoms with E-state index in [2.05, 4.69) is 37.3 Å². The molecule has 0 amide bonds. The molecule has 0 saturated carbocycles. The van der Waals surface area contributed by atoms with E-state index in [4.69, 9.17) is 12.2 Å². The second-order valence-corrected chi connectivity index (χ2v) is 6.33. The van der Waals surface area contributed by atoms with E-state index in [1.807, 2.05) is 42.7 Å². The summed E-state index contributed by atoms with van der Waals surface area (Å²) in [6.45, 7) is 4.54. The molecule has 0 atom stereocenters. The van der Waals surface area contributed by atoms with Crippen molar-refractivity contribution in [1.82, 2.24) is 29.7 Å². The van der Waals surface area contributed by atoms with Gasteiger partial charge in [0.1, 0.15) is 0 Å². The number of nitrogens with zero attached hydrogens (tertiary/aromatic N) is 7. The highest BCUT2D eigenvalue weighted by atomic mass is 32.1. The first kappa shape index (κ1) is 15.9. The van der Waals surface area contributed by atoms with Gasteiger partial charge in [0.05, 0.1) is 12.4 Å². The molecule has 128 valence electrons. The van der Waals surface area contributed by atoms with Gasteiger partial charge in [-0.1, -0.05) is 18.2 Å². The van der Waals surface area contributed by atoms with E-state index in [-0.39, 0.29) is 0 Å². The van der Waals surface area contributed by atoms with Crippen LogP contribution in [0, 0.1) is 4.77 Å². The first-order valence-electron chi connectivity index (χ1n) is 8.27. The number of benzene rings is 1. The first-order valence-corrected chi connectivity index (χ1v) is 8.68. The predicted molar refractivity (Wildman–Crippen MR) is 98.2 cm³/mol. The van der Waals surface area contributed by atoms with E-state index in [0.717, 1.165) is 31.9 Å². The maximum atomic E-state index is 5.53. The Kier molecular flexibility index (Phi) is 4.53. The van der Waals surface area contributed by atoms with Crippen molar-refractivity contribution >= 4 is 17.9 Å². The van der Waals surface area contributed by atoms with Crippen LogP contribution < -0.4 is 4.90 Å². The van der Waals surface area contributed by atoms with Gasteiger partial charge in [-0.05, 0) is 46.9 Å². The van der Waals surface area contributed by atoms with Crippen LogP contribution >= 0.6 is 12.2 Å². The summed E-state index contributed by atoms with van der Waals surface area (Å²) >= 11 is 5.53. The molecule has 8 heteroatoms. The quantitative estimate of drug-likeness (QED) is 0.669. The third-order valence-electron chi connectivity index (χ3n) is 4.37. The minimum atomic E-state index is 0.614. The third kappa shape index (κ3) is 3.45. The number of piperazine rings is 1. The maximum absolute atomic E-state index is 5.53. The highest BCUT2D eigenvalue weighted by Crippen LogP contribution is 2.15. The van der Waals surface area contributed by atoms with E-state index in [1.165, 1.54) is 5.69 Å². The van der Waals surface area contributed by atoms with Gasteiger partial charge in [0, 0.05) is 44.3 Å². The topological polar surface area (TPSA) is 55.0 Å². The van der Waals surface area contributed by atoms with Crippen LogP contribution in [0.4, 0.5) is 5.69 Å². The molecule has 4 rings (SSSR count). The summed E-state index contributed by atoms with van der Waals surface area (Å²) in [5.74, 6) is 0. The van der Waals surface area contributed by atoms with E-state index in [0.29, 0.717) is 11.4 Å². The van der Waals surface area contributed by atoms with Gasteiger partial charge in [-0.25, -0.2) is 4.68 Å². The van der Waals surface area contributed by atoms with E-state index in [9.17, 15) is 0 Å². The standard InChI is InChI=1S/C17H19N7S/c25-17-23(19-20-24(17)16-4-2-1-3-5-16)14-21-10-12-22(13-11-21)15-6-8-18-9-7-15/h1-9H,10-14H2. The summed E-state index contributed by atoms with van der Waals surface area (Å²) in [5, 5.41) is 8.42. The summed E-state index contributed by atoms with van der Waals surface area (Å²) in [6.07, 6.45) is 3.67. The molecule has 0 N–H and O–H groups in total. The molecule has 0 aliphatic carbocycles. The number of aromatic nitrogens is 5. The molecule has 1 aliphatic rings. The molecule has 7 nitrogen and oxygen atoms in total. The van der Waals surface area contributed by atoms with Gasteiger partial charge in [0.15, 0.2) is 0 Å². The first-order chi connectivity index (χ1) is 12.3. The molecule has 1 aromatic carbocycles. The van der Waals surface area contributed by atoms with E-state index in [1.54, 1.807) is 9.36 Å². The van der Waals surface area contributed by atoms with Crippen LogP contribution in [0.15, 0.2) is 54.9 Å². The normalized spacial score (nSPS) is 15.4. The Bertz CT molecular complexity index is 867. The second kappa shape index (κ2) is 7.12. The van der Waals surface area contributed by atoms with Crippen LogP contribution in [-0.2, 0) is 6.67 Å². The van der Waals surface area contributed by atoms with Gasteiger partial charge >= 0.3 is 0 Å². The van der Waals surface area contributed by atoms with Crippen molar-refractivity contribution in [3.8, 4) is 5.69 Å². The number of tetrazole rings is 1. The van der Waals surface area contributed by atoms with Crippen molar-refractivity contribution in [3.63, 3.8) is 0 Å². The van der Waals surface area contributed by atoms with Crippen LogP contribution in [-0.4, -0.2) is 55.9 Å². The molecule has 2 aromatic heterocycles. The average Bonchev–Trinajstić information content (AvgIpc) is 3.04. The Hall–Kier alpha value is -2.58. The van der Waals surface area contributed by atoms with Gasteiger partial charge in [0.2, 0.25) is 4.77 Å². The molecule has 1 fully saturated rings. The highest BCUT2D eigenvalue weighted by Gasteiger charge is 2.18. The van der Waals surface area contributed by atoms with E-state index >= 15 is 0 Å². The Morgan fingerprint density at radius 3 is 2.28 bits per heavy atom. The third-order valence-corrected chi connectivity index (χ3v) is 4.76. The lowest BCUT2D eigenvalue weighted by Gasteiger charge is -2.35. The lowest BCUT2D eigenvalue weighted by atomic mass is 10.3. The summed E-state index contributed by atoms with van der Waals surface area (Å²) < 4.78 is 4.09. The minimum Gasteiger partial charge on any atom is -0.369 e. The van der Waals surface area contributed by atoms with Crippen LogP contribution in [0.2, 0.25) is 0 Å². The number of pyridine rings is 1. The van der Waals surface area contributed by atoms with Crippen LogP contribution in [0.1, 0.15) is 0 Å². The molecule has 1 saturated heterocycles. The zero-order valence-electron chi connectivity index (χ0n) is 13.8. The zero-order chi connectivity index (χ0) is 17.1. The fraction of sp³-hybridized carbons (Fsp3) is 0.294. The molecular formula is C17H19N7S. The molecule has 0 bridgehead atoms. The molecule has 25 heavy (non-hydrogen) atoms. The fourth-order valence-corrected chi connectivity index (χ4v) is 3.22. The fourth-order valence-electron chi connectivity index (χ4n) is 2.99. The molecular weight excluding hydrogens is 334 g/mol. The van der Waals surface area contributed by atoms with Crippen molar-refractivity contribution in [3.05, 3.63) is 59.6 Å². The maximum Gasteiger partial charge on any atom is 0.221 e. The highest BCUT2D eigenvalue weighted by molar-refractivity contribution is 7.71. The largest absolute Gasteiger partial charge is 0.369 e. The van der Waals surface area contributed by atoms with Gasteiger partial charge in [-0.3, -0.25) is 9.88 Å². The average molecular weight is 353 g/mol. The van der Waals surface area contributed by atoms with Crippen LogP contribution in [0.5, 0.6) is 0 Å². The Balaban J connectivity index is 1.41. The smallest absolute Gasteiger partial charge is 0.221 e. The van der Waals surface area contributed by atoms with Gasteiger partial charge < -0.3 is 4.90 Å². The monoisotopic (exact) mass is 353 g/mol. The number of anilines is 1. The summed E-state index contributed by atoms with van der Waals surface area (Å²) in [4.78, 5) is 8.80. The van der Waals surface area contributed by atoms with Crippen LogP contribution in [0.3, 0.4) is 0 Å². The molecule has 3 aromatic rings. The number of hydrogen-bond acceptors (Lipinski definition) is 6. The molecule has 0 radical (unpaired) electrons. The Morgan fingerprint density at radius 1 is 0.840 bits per heavy atom. The molecule has 0 unspecified atom stereocenters. The molecule has 1 aliphatic heterocycles. The van der Waals surface area contributed by atoms with Crippen molar-refractivity contribution in [2.75, 3.05) is 31.1 Å². The zero-order valence-corrected chi connectivity index (χ0v) is 14.6. The lowest BCUT2D eigenvalue weighted by molar-refractivity contribution is 0.193. The van der Waals surface area contributed by atoms with Crippen molar-refractivity contribution in [2.24, 2.45) is 0 Å². The van der Waals surface area contributed by atoms with Gasteiger partial charge in [-0.2, -0.15) is 4.68 Å². The number of hydrogen-bond donors (Lipinski definition) is 0. The van der Waals surface area contributed by atoms with Crippen molar-refractivity contribution in [2.45, 2.75) is 6.67 Å². The van der Waals surface area contributed by atoms with Gasteiger partial charge in [-0.15, -0.1) is 0 Å². The number of para-hydroxylation sites is 1. The lowest BCUT2D eigenvalue weighted by Crippen LogP contribution is -2.47. The van der Waals surface area contributed by atoms with Crippen LogP contribution in [0.25, 0.3) is 5.69 Å². The molecule has 3 heterocycles. The predicted octanol–water partition coefficient (Wildman–Crippen LogP) is 1.97. The summed E-state index contributed by atoms with van der Waals surface area (Å²) in [5.41, 5.74) is 2.16. The summed E-state index contributed by atoms with van der Waals surface area (Å²) in [6, 6.07) is 14.0. The SMILES string of the molecule is S=c1n(CN2CCN(c3ccncc3)CC2)nnn1-c1ccccc1.